The number of alkyl halides is 1. The van der Waals surface area contributed by atoms with Crippen molar-refractivity contribution < 1.29 is 9.90 Å². The van der Waals surface area contributed by atoms with Crippen LogP contribution in [0.4, 0.5) is 0 Å². The predicted octanol–water partition coefficient (Wildman–Crippen LogP) is 3.34. The average Bonchev–Trinajstić information content (AvgIpc) is 2.28. The average molecular weight is 412 g/mol. The lowest BCUT2D eigenvalue weighted by atomic mass is 10.1. The van der Waals surface area contributed by atoms with Crippen molar-refractivity contribution in [2.45, 2.75) is 19.9 Å². The van der Waals surface area contributed by atoms with Gasteiger partial charge in [-0.1, -0.05) is 52.4 Å². The van der Waals surface area contributed by atoms with Crippen LogP contribution in [0.15, 0.2) is 22.7 Å². The fraction of sp³-hybridized carbons (Fsp3) is 0.417. The van der Waals surface area contributed by atoms with Crippen molar-refractivity contribution in [3.05, 3.63) is 28.2 Å². The molecule has 1 atom stereocenters. The second-order valence-corrected chi connectivity index (χ2v) is 5.94. The molecule has 0 aliphatic heterocycles. The second-order valence-electron chi connectivity index (χ2n) is 4.14. The first-order valence-electron chi connectivity index (χ1n) is 5.31. The van der Waals surface area contributed by atoms with Gasteiger partial charge in [0.05, 0.1) is 5.56 Å². The van der Waals surface area contributed by atoms with Crippen LogP contribution in [0.1, 0.15) is 24.2 Å². The number of hydrogen-bond donors (Lipinski definition) is 2. The number of phenols is 1. The van der Waals surface area contributed by atoms with E-state index in [9.17, 15) is 9.90 Å². The Balaban J connectivity index is 2.86. The summed E-state index contributed by atoms with van der Waals surface area (Å²) in [6.45, 7) is 4.12. The molecule has 3 nitrogen and oxygen atoms in total. The second kappa shape index (κ2) is 6.58. The van der Waals surface area contributed by atoms with E-state index in [0.29, 0.717) is 11.5 Å². The highest BCUT2D eigenvalue weighted by atomic mass is 127. The summed E-state index contributed by atoms with van der Waals surface area (Å²) in [5.74, 6) is 0.131. The normalized spacial score (nSPS) is 12.5. The van der Waals surface area contributed by atoms with Gasteiger partial charge in [0.1, 0.15) is 5.75 Å². The topological polar surface area (TPSA) is 49.3 Å². The largest absolute Gasteiger partial charge is 0.507 e. The molecular formula is C12H15BrINO2. The Bertz CT molecular complexity index is 409. The smallest absolute Gasteiger partial charge is 0.255 e. The summed E-state index contributed by atoms with van der Waals surface area (Å²) in [7, 11) is 0. The molecule has 2 N–H and O–H groups in total. The lowest BCUT2D eigenvalue weighted by Crippen LogP contribution is -2.39. The molecule has 0 aliphatic rings. The van der Waals surface area contributed by atoms with Crippen LogP contribution in [0.5, 0.6) is 5.75 Å². The molecule has 0 heterocycles. The van der Waals surface area contributed by atoms with Gasteiger partial charge in [0, 0.05) is 14.9 Å². The zero-order valence-corrected chi connectivity index (χ0v) is 13.4. The highest BCUT2D eigenvalue weighted by Crippen LogP contribution is 2.22. The molecule has 0 aliphatic carbocycles. The molecule has 0 spiro atoms. The highest BCUT2D eigenvalue weighted by molar-refractivity contribution is 14.1. The summed E-state index contributed by atoms with van der Waals surface area (Å²) in [6, 6.07) is 4.94. The maximum Gasteiger partial charge on any atom is 0.255 e. The summed E-state index contributed by atoms with van der Waals surface area (Å²) < 4.78 is 1.62. The zero-order valence-electron chi connectivity index (χ0n) is 9.71. The molecule has 0 bridgehead atoms. The van der Waals surface area contributed by atoms with Crippen LogP contribution in [0.2, 0.25) is 0 Å². The number of aromatic hydroxyl groups is 1. The molecule has 1 unspecified atom stereocenters. The predicted molar refractivity (Wildman–Crippen MR) is 80.8 cm³/mol. The molecule has 1 aromatic rings. The third-order valence-corrected chi connectivity index (χ3v) is 3.93. The molecule has 1 amide bonds. The minimum atomic E-state index is -0.237. The molecule has 0 saturated carbocycles. The lowest BCUT2D eigenvalue weighted by molar-refractivity contribution is 0.0929. The number of carbonyl (C=O) groups excluding carboxylic acids is 1. The van der Waals surface area contributed by atoms with Gasteiger partial charge in [-0.3, -0.25) is 4.79 Å². The fourth-order valence-corrected chi connectivity index (χ4v) is 2.92. The molecule has 1 aromatic carbocycles. The molecular weight excluding hydrogens is 397 g/mol. The SMILES string of the molecule is CC(C)C(CI)NC(=O)c1cc(Br)ccc1O. The summed E-state index contributed by atoms with van der Waals surface area (Å²) in [5, 5.41) is 12.6. The summed E-state index contributed by atoms with van der Waals surface area (Å²) in [5.41, 5.74) is 0.301. The van der Waals surface area contributed by atoms with Crippen molar-refractivity contribution in [3.63, 3.8) is 0 Å². The van der Waals surface area contributed by atoms with Crippen LogP contribution in [-0.4, -0.2) is 21.5 Å². The van der Waals surface area contributed by atoms with Crippen LogP contribution < -0.4 is 5.32 Å². The monoisotopic (exact) mass is 411 g/mol. The molecule has 0 radical (unpaired) electrons. The molecule has 17 heavy (non-hydrogen) atoms. The minimum absolute atomic E-state index is 0.00154. The van der Waals surface area contributed by atoms with E-state index < -0.39 is 0 Å². The van der Waals surface area contributed by atoms with Gasteiger partial charge in [-0.05, 0) is 24.1 Å². The molecule has 0 fully saturated rings. The number of benzene rings is 1. The quantitative estimate of drug-likeness (QED) is 0.589. The Hall–Kier alpha value is -0.300. The van der Waals surface area contributed by atoms with Gasteiger partial charge < -0.3 is 10.4 Å². The molecule has 5 heteroatoms. The number of nitrogens with one attached hydrogen (secondary N) is 1. The van der Waals surface area contributed by atoms with Crippen molar-refractivity contribution in [1.82, 2.24) is 5.32 Å². The summed E-state index contributed by atoms with van der Waals surface area (Å²) in [6.07, 6.45) is 0. The molecule has 0 saturated heterocycles. The van der Waals surface area contributed by atoms with E-state index in [4.69, 9.17) is 0 Å². The van der Waals surface area contributed by atoms with E-state index >= 15 is 0 Å². The zero-order chi connectivity index (χ0) is 13.0. The fourth-order valence-electron chi connectivity index (χ4n) is 1.32. The van der Waals surface area contributed by atoms with Crippen molar-refractivity contribution >= 4 is 44.4 Å². The first kappa shape index (κ1) is 14.8. The maximum atomic E-state index is 12.0. The summed E-state index contributed by atoms with van der Waals surface area (Å²) in [4.78, 5) is 12.0. The van der Waals surface area contributed by atoms with Crippen molar-refractivity contribution in [2.75, 3.05) is 4.43 Å². The Morgan fingerprint density at radius 3 is 2.71 bits per heavy atom. The third-order valence-electron chi connectivity index (χ3n) is 2.49. The first-order chi connectivity index (χ1) is 7.95. The number of rotatable bonds is 4. The number of halogens is 2. The van der Waals surface area contributed by atoms with Crippen molar-refractivity contribution in [3.8, 4) is 5.75 Å². The molecule has 1 rings (SSSR count). The standard InChI is InChI=1S/C12H15BrINO2/c1-7(2)10(6-14)15-12(17)9-5-8(13)3-4-11(9)16/h3-5,7,10,16H,6H2,1-2H3,(H,15,17). The van der Waals surface area contributed by atoms with E-state index in [1.165, 1.54) is 6.07 Å². The van der Waals surface area contributed by atoms with E-state index in [-0.39, 0.29) is 17.7 Å². The van der Waals surface area contributed by atoms with Crippen LogP contribution in [0, 0.1) is 5.92 Å². The number of phenolic OH excluding ortho intramolecular Hbond substituents is 1. The van der Waals surface area contributed by atoms with E-state index in [1.54, 1.807) is 12.1 Å². The van der Waals surface area contributed by atoms with Crippen LogP contribution >= 0.6 is 38.5 Å². The van der Waals surface area contributed by atoms with Crippen LogP contribution in [0.25, 0.3) is 0 Å². The highest BCUT2D eigenvalue weighted by Gasteiger charge is 2.18. The molecule has 94 valence electrons. The van der Waals surface area contributed by atoms with Crippen LogP contribution in [0.3, 0.4) is 0 Å². The number of carbonyl (C=O) groups is 1. The Labute approximate surface area is 123 Å². The van der Waals surface area contributed by atoms with Crippen molar-refractivity contribution in [2.24, 2.45) is 5.92 Å². The third kappa shape index (κ3) is 4.13. The Morgan fingerprint density at radius 1 is 1.53 bits per heavy atom. The van der Waals surface area contributed by atoms with Gasteiger partial charge in [0.2, 0.25) is 0 Å². The van der Waals surface area contributed by atoms with Crippen molar-refractivity contribution in [1.29, 1.82) is 0 Å². The number of amides is 1. The number of hydrogen-bond acceptors (Lipinski definition) is 2. The summed E-state index contributed by atoms with van der Waals surface area (Å²) >= 11 is 5.53. The minimum Gasteiger partial charge on any atom is -0.507 e. The maximum absolute atomic E-state index is 12.0. The molecule has 0 aromatic heterocycles. The van der Waals surface area contributed by atoms with E-state index in [1.807, 2.05) is 0 Å². The Morgan fingerprint density at radius 2 is 2.18 bits per heavy atom. The van der Waals surface area contributed by atoms with Crippen LogP contribution in [-0.2, 0) is 0 Å². The van der Waals surface area contributed by atoms with Gasteiger partial charge >= 0.3 is 0 Å². The Kier molecular flexibility index (Phi) is 5.72. The van der Waals surface area contributed by atoms with Gasteiger partial charge in [-0.2, -0.15) is 0 Å². The van der Waals surface area contributed by atoms with E-state index in [0.717, 1.165) is 8.90 Å². The van der Waals surface area contributed by atoms with Gasteiger partial charge in [-0.25, -0.2) is 0 Å². The lowest BCUT2D eigenvalue weighted by Gasteiger charge is -2.20. The van der Waals surface area contributed by atoms with Gasteiger partial charge in [0.25, 0.3) is 5.91 Å². The van der Waals surface area contributed by atoms with E-state index in [2.05, 4.69) is 57.7 Å². The first-order valence-corrected chi connectivity index (χ1v) is 7.63. The van der Waals surface area contributed by atoms with Gasteiger partial charge in [0.15, 0.2) is 0 Å². The van der Waals surface area contributed by atoms with Gasteiger partial charge in [-0.15, -0.1) is 0 Å².